The molecule has 5 rings (SSSR count). The zero-order valence-corrected chi connectivity index (χ0v) is 22.8. The molecule has 3 aromatic rings. The Morgan fingerprint density at radius 3 is 2.80 bits per heavy atom. The number of nitrogens with one attached hydrogen (secondary N) is 1. The van der Waals surface area contributed by atoms with Gasteiger partial charge < -0.3 is 26.3 Å². The van der Waals surface area contributed by atoms with E-state index in [2.05, 4.69) is 20.3 Å². The van der Waals surface area contributed by atoms with Crippen LogP contribution in [0.15, 0.2) is 18.3 Å². The minimum Gasteiger partial charge on any atom is -0.461 e. The van der Waals surface area contributed by atoms with E-state index in [1.54, 1.807) is 0 Å². The summed E-state index contributed by atoms with van der Waals surface area (Å²) in [6.45, 7) is 1.48. The van der Waals surface area contributed by atoms with E-state index in [0.29, 0.717) is 6.54 Å². The maximum atomic E-state index is 16.1. The third-order valence-corrected chi connectivity index (χ3v) is 7.76. The molecule has 0 radical (unpaired) electrons. The van der Waals surface area contributed by atoms with Crippen LogP contribution in [0.2, 0.25) is 5.02 Å². The molecule has 2 aliphatic rings. The van der Waals surface area contributed by atoms with Gasteiger partial charge >= 0.3 is 12.2 Å². The fourth-order valence-electron chi connectivity index (χ4n) is 5.67. The van der Waals surface area contributed by atoms with Gasteiger partial charge in [0.15, 0.2) is 5.82 Å². The molecule has 0 spiro atoms. The van der Waals surface area contributed by atoms with Crippen molar-refractivity contribution in [3.8, 4) is 17.3 Å². The third-order valence-electron chi connectivity index (χ3n) is 7.46. The molecular weight excluding hydrogens is 573 g/mol. The monoisotopic (exact) mass is 601 g/mol. The molecule has 2 fully saturated rings. The Labute approximate surface area is 237 Å². The zero-order valence-electron chi connectivity index (χ0n) is 22.1. The third kappa shape index (κ3) is 5.83. The number of hydrogen-bond acceptors (Lipinski definition) is 9. The van der Waals surface area contributed by atoms with Gasteiger partial charge in [-0.3, -0.25) is 9.88 Å². The van der Waals surface area contributed by atoms with E-state index >= 15 is 4.39 Å². The lowest BCUT2D eigenvalue weighted by atomic mass is 9.95. The van der Waals surface area contributed by atoms with E-state index in [9.17, 15) is 17.6 Å². The van der Waals surface area contributed by atoms with Gasteiger partial charge in [-0.1, -0.05) is 11.6 Å². The summed E-state index contributed by atoms with van der Waals surface area (Å²) in [6, 6.07) is 1.19. The van der Waals surface area contributed by atoms with Crippen LogP contribution in [0.5, 0.6) is 6.01 Å². The van der Waals surface area contributed by atoms with Gasteiger partial charge in [-0.15, -0.1) is 0 Å². The Balaban J connectivity index is 1.59. The van der Waals surface area contributed by atoms with Crippen molar-refractivity contribution in [2.75, 3.05) is 51.0 Å². The number of halogens is 6. The molecular formula is C26H29ClF5N7O2. The molecule has 2 unspecified atom stereocenters. The molecule has 1 aromatic carbocycles. The maximum Gasteiger partial charge on any atom is 0.418 e. The number of aromatic nitrogens is 3. The van der Waals surface area contributed by atoms with E-state index in [-0.39, 0.29) is 54.6 Å². The molecule has 3 atom stereocenters. The summed E-state index contributed by atoms with van der Waals surface area (Å²) in [7, 11) is 1.49. The van der Waals surface area contributed by atoms with Crippen LogP contribution in [0.25, 0.3) is 22.2 Å². The van der Waals surface area contributed by atoms with Gasteiger partial charge in [0.1, 0.15) is 29.8 Å². The van der Waals surface area contributed by atoms with Crippen LogP contribution in [-0.2, 0) is 10.9 Å². The van der Waals surface area contributed by atoms with Crippen molar-refractivity contribution in [1.29, 1.82) is 0 Å². The van der Waals surface area contributed by atoms with Crippen molar-refractivity contribution >= 4 is 34.0 Å². The van der Waals surface area contributed by atoms with Crippen molar-refractivity contribution in [1.82, 2.24) is 19.9 Å². The number of fused-ring (bicyclic) bond motifs is 2. The van der Waals surface area contributed by atoms with Crippen LogP contribution in [0.1, 0.15) is 24.8 Å². The summed E-state index contributed by atoms with van der Waals surface area (Å²) in [6.07, 6.45) is -2.87. The molecule has 2 aliphatic heterocycles. The largest absolute Gasteiger partial charge is 0.461 e. The molecule has 41 heavy (non-hydrogen) atoms. The summed E-state index contributed by atoms with van der Waals surface area (Å²) < 4.78 is 83.1. The van der Waals surface area contributed by atoms with Gasteiger partial charge in [0.25, 0.3) is 0 Å². The lowest BCUT2D eigenvalue weighted by molar-refractivity contribution is -0.137. The molecule has 2 aromatic heterocycles. The molecule has 222 valence electrons. The van der Waals surface area contributed by atoms with Crippen molar-refractivity contribution in [2.24, 2.45) is 5.73 Å². The predicted octanol–water partition coefficient (Wildman–Crippen LogP) is 4.43. The van der Waals surface area contributed by atoms with E-state index < -0.39 is 51.6 Å². The fraction of sp³-hybridized carbons (Fsp3) is 0.500. The lowest BCUT2D eigenvalue weighted by Crippen LogP contribution is -2.43. The highest BCUT2D eigenvalue weighted by atomic mass is 35.5. The number of rotatable bonds is 9. The predicted molar refractivity (Wildman–Crippen MR) is 144 cm³/mol. The Hall–Kier alpha value is -3.07. The highest BCUT2D eigenvalue weighted by molar-refractivity contribution is 6.32. The average molecular weight is 602 g/mol. The maximum absolute atomic E-state index is 16.1. The summed E-state index contributed by atoms with van der Waals surface area (Å²) in [5.41, 5.74) is 8.22. The van der Waals surface area contributed by atoms with Crippen LogP contribution < -0.4 is 21.5 Å². The number of nitrogens with two attached hydrogens (primary N) is 2. The topological polar surface area (TPSA) is 124 Å². The number of nitrogens with zero attached hydrogens (tertiary/aromatic N) is 4. The Kier molecular flexibility index (Phi) is 8.12. The van der Waals surface area contributed by atoms with Crippen LogP contribution >= 0.6 is 11.6 Å². The zero-order chi connectivity index (χ0) is 29.5. The number of nitrogen functional groups attached to an aromatic ring is 1. The second-order valence-electron chi connectivity index (χ2n) is 10.4. The number of anilines is 2. The van der Waals surface area contributed by atoms with Crippen molar-refractivity contribution < 1.29 is 31.4 Å². The van der Waals surface area contributed by atoms with E-state index in [0.717, 1.165) is 37.7 Å². The first kappa shape index (κ1) is 29.4. The smallest absolute Gasteiger partial charge is 0.418 e. The van der Waals surface area contributed by atoms with Crippen LogP contribution in [0.4, 0.5) is 33.5 Å². The normalized spacial score (nSPS) is 21.8. The van der Waals surface area contributed by atoms with Crippen LogP contribution in [0, 0.1) is 5.82 Å². The quantitative estimate of drug-likeness (QED) is 0.241. The Bertz CT molecular complexity index is 1450. The van der Waals surface area contributed by atoms with Gasteiger partial charge in [-0.2, -0.15) is 23.1 Å². The molecule has 4 heterocycles. The fourth-order valence-corrected chi connectivity index (χ4v) is 6.01. The standard InChI is InChI=1S/C26H29ClF5N7O2/c1-40-11-15(34)8-36-23-17-9-35-21(16-5-14(33)6-18(27)19(16)26(30,31)32)20(29)22(17)37-24(38-23)41-12-25-3-2-4-39(25)10-13(28)7-25/h5-6,9,13,15H,2-4,7-8,10-12,33-34H2,1H3,(H,36,37,38)/t13-,15?,25?/m1/s1. The van der Waals surface area contributed by atoms with E-state index in [1.165, 1.54) is 7.11 Å². The van der Waals surface area contributed by atoms with Crippen LogP contribution in [-0.4, -0.2) is 77.6 Å². The molecule has 0 bridgehead atoms. The molecule has 0 saturated carbocycles. The molecule has 5 N–H and O–H groups in total. The Morgan fingerprint density at radius 1 is 1.29 bits per heavy atom. The van der Waals surface area contributed by atoms with Gasteiger partial charge in [0.2, 0.25) is 0 Å². The number of alkyl halides is 4. The average Bonchev–Trinajstić information content (AvgIpc) is 3.41. The van der Waals surface area contributed by atoms with Gasteiger partial charge in [0.05, 0.1) is 28.1 Å². The van der Waals surface area contributed by atoms with Crippen molar-refractivity contribution in [3.63, 3.8) is 0 Å². The molecule has 9 nitrogen and oxygen atoms in total. The highest BCUT2D eigenvalue weighted by Crippen LogP contribution is 2.44. The van der Waals surface area contributed by atoms with E-state index in [4.69, 9.17) is 32.5 Å². The highest BCUT2D eigenvalue weighted by Gasteiger charge is 2.49. The van der Waals surface area contributed by atoms with Gasteiger partial charge in [-0.25, -0.2) is 8.78 Å². The summed E-state index contributed by atoms with van der Waals surface area (Å²) in [5, 5.41) is 2.38. The molecule has 2 saturated heterocycles. The van der Waals surface area contributed by atoms with Gasteiger partial charge in [0, 0.05) is 50.1 Å². The molecule has 0 aliphatic carbocycles. The summed E-state index contributed by atoms with van der Waals surface area (Å²) in [5.74, 6) is -1.05. The number of pyridine rings is 1. The lowest BCUT2D eigenvalue weighted by Gasteiger charge is -2.30. The number of hydrogen-bond donors (Lipinski definition) is 3. The minimum atomic E-state index is -4.92. The summed E-state index contributed by atoms with van der Waals surface area (Å²) in [4.78, 5) is 14.6. The minimum absolute atomic E-state index is 0.0597. The number of methoxy groups -OCH3 is 1. The summed E-state index contributed by atoms with van der Waals surface area (Å²) >= 11 is 5.89. The number of benzene rings is 1. The second kappa shape index (κ2) is 11.3. The number of ether oxygens (including phenoxy) is 2. The van der Waals surface area contributed by atoms with Gasteiger partial charge in [-0.05, 0) is 31.5 Å². The first-order chi connectivity index (χ1) is 19.4. The van der Waals surface area contributed by atoms with Crippen molar-refractivity contribution in [2.45, 2.75) is 43.2 Å². The Morgan fingerprint density at radius 2 is 2.07 bits per heavy atom. The first-order valence-corrected chi connectivity index (χ1v) is 13.3. The second-order valence-corrected chi connectivity index (χ2v) is 10.8. The molecule has 15 heteroatoms. The SMILES string of the molecule is COCC(N)CNc1nc(OCC23CCCN2C[C@H](F)C3)nc2c(F)c(-c3cc(N)cc(Cl)c3C(F)(F)F)ncc12. The van der Waals surface area contributed by atoms with E-state index in [1.807, 2.05) is 4.90 Å². The van der Waals surface area contributed by atoms with Crippen molar-refractivity contribution in [3.05, 3.63) is 34.7 Å². The van der Waals surface area contributed by atoms with Crippen LogP contribution in [0.3, 0.4) is 0 Å². The first-order valence-electron chi connectivity index (χ1n) is 12.9. The molecule has 0 amide bonds.